The summed E-state index contributed by atoms with van der Waals surface area (Å²) in [5, 5.41) is 4.43. The van der Waals surface area contributed by atoms with Crippen LogP contribution in [0.1, 0.15) is 52.5 Å². The predicted octanol–water partition coefficient (Wildman–Crippen LogP) is 4.30. The van der Waals surface area contributed by atoms with Gasteiger partial charge in [-0.25, -0.2) is 0 Å². The van der Waals surface area contributed by atoms with Crippen LogP contribution in [0.2, 0.25) is 0 Å². The molecule has 2 aliphatic rings. The van der Waals surface area contributed by atoms with E-state index in [0.29, 0.717) is 6.61 Å². The number of aryl methyl sites for hydroxylation is 2. The van der Waals surface area contributed by atoms with Gasteiger partial charge in [0, 0.05) is 23.1 Å². The molecule has 1 aliphatic heterocycles. The maximum absolute atomic E-state index is 13.1. The fourth-order valence-electron chi connectivity index (χ4n) is 4.35. The van der Waals surface area contributed by atoms with Gasteiger partial charge in [-0.15, -0.1) is 0 Å². The molecule has 2 heterocycles. The molecule has 132 valence electrons. The number of amides is 1. The summed E-state index contributed by atoms with van der Waals surface area (Å²) in [7, 11) is 0. The quantitative estimate of drug-likeness (QED) is 0.727. The number of hydrogen-bond acceptors (Lipinski definition) is 2. The maximum Gasteiger partial charge on any atom is 0.253 e. The van der Waals surface area contributed by atoms with Gasteiger partial charge < -0.3 is 15.0 Å². The van der Waals surface area contributed by atoms with E-state index in [4.69, 9.17) is 4.74 Å². The van der Waals surface area contributed by atoms with Gasteiger partial charge in [0.05, 0.1) is 23.7 Å². The van der Waals surface area contributed by atoms with Crippen LogP contribution in [-0.4, -0.2) is 17.5 Å². The molecule has 26 heavy (non-hydrogen) atoms. The third kappa shape index (κ3) is 2.48. The van der Waals surface area contributed by atoms with Crippen molar-refractivity contribution in [2.45, 2.75) is 38.1 Å². The van der Waals surface area contributed by atoms with Crippen LogP contribution >= 0.6 is 0 Å². The zero-order valence-electron chi connectivity index (χ0n) is 14.7. The summed E-state index contributed by atoms with van der Waals surface area (Å²) >= 11 is 0. The number of rotatable bonds is 2. The van der Waals surface area contributed by atoms with Gasteiger partial charge in [-0.2, -0.15) is 0 Å². The lowest BCUT2D eigenvalue weighted by Crippen LogP contribution is -2.32. The van der Waals surface area contributed by atoms with Crippen molar-refractivity contribution in [3.05, 3.63) is 64.8 Å². The molecule has 0 fully saturated rings. The Bertz CT molecular complexity index is 989. The highest BCUT2D eigenvalue weighted by Gasteiger charge is 2.25. The summed E-state index contributed by atoms with van der Waals surface area (Å²) in [5.74, 6) is 0.855. The monoisotopic (exact) mass is 346 g/mol. The lowest BCUT2D eigenvalue weighted by molar-refractivity contribution is 0.0926. The van der Waals surface area contributed by atoms with E-state index < -0.39 is 0 Å². The number of nitrogens with one attached hydrogen (secondary N) is 2. The Hall–Kier alpha value is -2.75. The Kier molecular flexibility index (Phi) is 3.70. The summed E-state index contributed by atoms with van der Waals surface area (Å²) < 4.78 is 5.71. The van der Waals surface area contributed by atoms with Crippen molar-refractivity contribution >= 4 is 16.8 Å². The third-order valence-corrected chi connectivity index (χ3v) is 5.64. The van der Waals surface area contributed by atoms with E-state index in [1.165, 1.54) is 29.5 Å². The van der Waals surface area contributed by atoms with E-state index in [9.17, 15) is 4.79 Å². The van der Waals surface area contributed by atoms with Gasteiger partial charge in [-0.05, 0) is 43.4 Å². The van der Waals surface area contributed by atoms with Crippen molar-refractivity contribution in [1.29, 1.82) is 0 Å². The Morgan fingerprint density at radius 1 is 1.08 bits per heavy atom. The van der Waals surface area contributed by atoms with Crippen LogP contribution in [0.15, 0.2) is 42.5 Å². The maximum atomic E-state index is 13.1. The minimum Gasteiger partial charge on any atom is -0.493 e. The van der Waals surface area contributed by atoms with E-state index in [1.54, 1.807) is 0 Å². The second kappa shape index (κ2) is 6.20. The summed E-state index contributed by atoms with van der Waals surface area (Å²) in [6.45, 7) is 0.628. The van der Waals surface area contributed by atoms with Crippen molar-refractivity contribution in [1.82, 2.24) is 10.3 Å². The Morgan fingerprint density at radius 2 is 1.96 bits per heavy atom. The number of carbonyl (C=O) groups excluding carboxylic acids is 1. The predicted molar refractivity (Wildman–Crippen MR) is 102 cm³/mol. The number of benzene rings is 2. The van der Waals surface area contributed by atoms with Gasteiger partial charge in [0.25, 0.3) is 5.91 Å². The number of carbonyl (C=O) groups is 1. The van der Waals surface area contributed by atoms with Crippen molar-refractivity contribution in [3.63, 3.8) is 0 Å². The summed E-state index contributed by atoms with van der Waals surface area (Å²) in [6.07, 6.45) is 5.43. The SMILES string of the molecule is O=C(NC1CCOc2ccccc21)c1cccc2c3c([nH]c12)CCCC3. The molecule has 4 nitrogen and oxygen atoms in total. The number of aromatic nitrogens is 1. The largest absolute Gasteiger partial charge is 0.493 e. The van der Waals surface area contributed by atoms with Crippen LogP contribution in [-0.2, 0) is 12.8 Å². The number of aromatic amines is 1. The molecule has 0 spiro atoms. The smallest absolute Gasteiger partial charge is 0.253 e. The minimum atomic E-state index is -0.0177. The molecule has 4 heteroatoms. The molecule has 2 aromatic carbocycles. The molecule has 1 atom stereocenters. The summed E-state index contributed by atoms with van der Waals surface area (Å²) in [6, 6.07) is 14.0. The molecule has 1 amide bonds. The number of para-hydroxylation sites is 2. The first kappa shape index (κ1) is 15.5. The molecule has 5 rings (SSSR count). The molecule has 3 aromatic rings. The molecule has 1 aliphatic carbocycles. The van der Waals surface area contributed by atoms with Gasteiger partial charge in [-0.1, -0.05) is 30.3 Å². The standard InChI is InChI=1S/C22H22N2O2/c25-22(24-19-12-13-26-20-11-4-2-7-16(19)20)17-9-5-8-15-14-6-1-3-10-18(14)23-21(15)17/h2,4-5,7-9,11,19,23H,1,3,6,10,12-13H2,(H,24,25). The second-order valence-corrected chi connectivity index (χ2v) is 7.22. The van der Waals surface area contributed by atoms with Crippen molar-refractivity contribution in [3.8, 4) is 5.75 Å². The van der Waals surface area contributed by atoms with Crippen molar-refractivity contribution in [2.75, 3.05) is 6.61 Å². The van der Waals surface area contributed by atoms with Gasteiger partial charge >= 0.3 is 0 Å². The van der Waals surface area contributed by atoms with E-state index in [1.807, 2.05) is 36.4 Å². The van der Waals surface area contributed by atoms with Gasteiger partial charge in [0.1, 0.15) is 5.75 Å². The third-order valence-electron chi connectivity index (χ3n) is 5.64. The van der Waals surface area contributed by atoms with E-state index in [-0.39, 0.29) is 11.9 Å². The Balaban J connectivity index is 1.49. The van der Waals surface area contributed by atoms with E-state index in [2.05, 4.69) is 16.4 Å². The zero-order chi connectivity index (χ0) is 17.5. The van der Waals surface area contributed by atoms with Crippen molar-refractivity contribution < 1.29 is 9.53 Å². The normalized spacial score (nSPS) is 18.7. The summed E-state index contributed by atoms with van der Waals surface area (Å²) in [4.78, 5) is 16.6. The second-order valence-electron chi connectivity index (χ2n) is 7.22. The molecule has 1 unspecified atom stereocenters. The first-order valence-electron chi connectivity index (χ1n) is 9.46. The van der Waals surface area contributed by atoms with Crippen LogP contribution in [0.4, 0.5) is 0 Å². The highest BCUT2D eigenvalue weighted by Crippen LogP contribution is 2.33. The van der Waals surface area contributed by atoms with Gasteiger partial charge in [0.15, 0.2) is 0 Å². The van der Waals surface area contributed by atoms with Crippen LogP contribution in [0.3, 0.4) is 0 Å². The summed E-state index contributed by atoms with van der Waals surface area (Å²) in [5.41, 5.74) is 5.49. The van der Waals surface area contributed by atoms with Crippen LogP contribution in [0, 0.1) is 0 Å². The number of H-pyrrole nitrogens is 1. The average Bonchev–Trinajstić information content (AvgIpc) is 3.07. The average molecular weight is 346 g/mol. The van der Waals surface area contributed by atoms with Gasteiger partial charge in [-0.3, -0.25) is 4.79 Å². The fourth-order valence-corrected chi connectivity index (χ4v) is 4.35. The van der Waals surface area contributed by atoms with Crippen LogP contribution < -0.4 is 10.1 Å². The number of ether oxygens (including phenoxy) is 1. The van der Waals surface area contributed by atoms with Crippen LogP contribution in [0.25, 0.3) is 10.9 Å². The number of hydrogen-bond donors (Lipinski definition) is 2. The van der Waals surface area contributed by atoms with Gasteiger partial charge in [0.2, 0.25) is 0 Å². The van der Waals surface area contributed by atoms with E-state index >= 15 is 0 Å². The highest BCUT2D eigenvalue weighted by atomic mass is 16.5. The molecular weight excluding hydrogens is 324 g/mol. The first-order chi connectivity index (χ1) is 12.8. The molecule has 0 radical (unpaired) electrons. The molecule has 0 bridgehead atoms. The Labute approximate surface area is 152 Å². The topological polar surface area (TPSA) is 54.1 Å². The molecule has 2 N–H and O–H groups in total. The van der Waals surface area contributed by atoms with Crippen LogP contribution in [0.5, 0.6) is 5.75 Å². The lowest BCUT2D eigenvalue weighted by Gasteiger charge is -2.26. The molecule has 0 saturated carbocycles. The lowest BCUT2D eigenvalue weighted by atomic mass is 9.95. The fraction of sp³-hybridized carbons (Fsp3) is 0.318. The highest BCUT2D eigenvalue weighted by molar-refractivity contribution is 6.07. The van der Waals surface area contributed by atoms with E-state index in [0.717, 1.165) is 41.7 Å². The molecule has 1 aromatic heterocycles. The van der Waals surface area contributed by atoms with Crippen molar-refractivity contribution in [2.24, 2.45) is 0 Å². The molecule has 0 saturated heterocycles. The molecular formula is C22H22N2O2. The first-order valence-corrected chi connectivity index (χ1v) is 9.46. The minimum absolute atomic E-state index is 0.00714. The number of fused-ring (bicyclic) bond motifs is 4. The Morgan fingerprint density at radius 3 is 2.92 bits per heavy atom. The zero-order valence-corrected chi connectivity index (χ0v) is 14.7.